The molecule has 4 rings (SSSR count). The van der Waals surface area contributed by atoms with E-state index >= 15 is 0 Å². The van der Waals surface area contributed by atoms with E-state index in [-0.39, 0.29) is 21.9 Å². The third-order valence-corrected chi connectivity index (χ3v) is 5.45. The van der Waals surface area contributed by atoms with E-state index in [4.69, 9.17) is 16.6 Å². The summed E-state index contributed by atoms with van der Waals surface area (Å²) in [5, 5.41) is 16.8. The molecule has 3 aromatic carbocycles. The standard InChI is InChI=1S/C24H20N4O4S/c1-13-7-10-21-19(11-13)25-23(32-21)16-9-8-14(2)18(12-16)26-24(33)27-22(29)17-5-4-6-20(15(17)3)28(30)31/h4-12H,1-3H3,(H2,26,27,29,33). The van der Waals surface area contributed by atoms with Crippen molar-refractivity contribution >= 4 is 45.7 Å². The number of thiocarbonyl (C=S) groups is 1. The van der Waals surface area contributed by atoms with Crippen molar-refractivity contribution in [2.24, 2.45) is 0 Å². The van der Waals surface area contributed by atoms with Crippen molar-refractivity contribution in [1.82, 2.24) is 10.3 Å². The van der Waals surface area contributed by atoms with E-state index in [1.807, 2.05) is 50.2 Å². The van der Waals surface area contributed by atoms with Gasteiger partial charge in [0.25, 0.3) is 11.6 Å². The number of aromatic nitrogens is 1. The molecule has 1 aromatic heterocycles. The number of nitrogens with zero attached hydrogens (tertiary/aromatic N) is 2. The van der Waals surface area contributed by atoms with Crippen molar-refractivity contribution in [3.8, 4) is 11.5 Å². The molecule has 0 aliphatic rings. The number of fused-ring (bicyclic) bond motifs is 1. The number of carbonyl (C=O) groups excluding carboxylic acids is 1. The Morgan fingerprint density at radius 2 is 1.88 bits per heavy atom. The summed E-state index contributed by atoms with van der Waals surface area (Å²) in [6, 6.07) is 15.8. The summed E-state index contributed by atoms with van der Waals surface area (Å²) >= 11 is 5.31. The summed E-state index contributed by atoms with van der Waals surface area (Å²) in [5.74, 6) is -0.0577. The van der Waals surface area contributed by atoms with E-state index in [0.29, 0.717) is 17.2 Å². The maximum Gasteiger partial charge on any atom is 0.273 e. The topological polar surface area (TPSA) is 110 Å². The van der Waals surface area contributed by atoms with E-state index in [2.05, 4.69) is 15.6 Å². The Labute approximate surface area is 194 Å². The van der Waals surface area contributed by atoms with Crippen LogP contribution in [0, 0.1) is 30.9 Å². The lowest BCUT2D eigenvalue weighted by Gasteiger charge is -2.13. The molecule has 0 saturated carbocycles. The fraction of sp³-hybridized carbons (Fsp3) is 0.125. The van der Waals surface area contributed by atoms with Crippen LogP contribution < -0.4 is 10.6 Å². The van der Waals surface area contributed by atoms with E-state index < -0.39 is 10.8 Å². The van der Waals surface area contributed by atoms with Crippen molar-refractivity contribution in [3.63, 3.8) is 0 Å². The van der Waals surface area contributed by atoms with Crippen LogP contribution >= 0.6 is 12.2 Å². The zero-order valence-corrected chi connectivity index (χ0v) is 18.9. The van der Waals surface area contributed by atoms with Crippen molar-refractivity contribution in [2.45, 2.75) is 20.8 Å². The Hall–Kier alpha value is -4.11. The van der Waals surface area contributed by atoms with Gasteiger partial charge in [0.2, 0.25) is 5.89 Å². The number of nitro benzene ring substituents is 1. The van der Waals surface area contributed by atoms with Gasteiger partial charge in [-0.1, -0.05) is 18.2 Å². The lowest BCUT2D eigenvalue weighted by Crippen LogP contribution is -2.34. The van der Waals surface area contributed by atoms with Crippen molar-refractivity contribution in [3.05, 3.63) is 87.0 Å². The normalized spacial score (nSPS) is 10.8. The minimum atomic E-state index is -0.531. The molecule has 1 heterocycles. The molecule has 0 aliphatic heterocycles. The first-order chi connectivity index (χ1) is 15.7. The zero-order chi connectivity index (χ0) is 23.7. The first kappa shape index (κ1) is 22.1. The summed E-state index contributed by atoms with van der Waals surface area (Å²) in [6.07, 6.45) is 0. The molecule has 2 N–H and O–H groups in total. The van der Waals surface area contributed by atoms with Gasteiger partial charge in [0.1, 0.15) is 5.52 Å². The van der Waals surface area contributed by atoms with Crippen LogP contribution in [0.1, 0.15) is 27.0 Å². The van der Waals surface area contributed by atoms with E-state index in [1.165, 1.54) is 25.1 Å². The number of anilines is 1. The first-order valence-corrected chi connectivity index (χ1v) is 10.5. The second-order valence-corrected chi connectivity index (χ2v) is 8.04. The maximum atomic E-state index is 12.7. The molecule has 0 fully saturated rings. The van der Waals surface area contributed by atoms with Gasteiger partial charge in [0.15, 0.2) is 10.7 Å². The minimum absolute atomic E-state index is 0.0688. The number of hydrogen-bond donors (Lipinski definition) is 2. The number of hydrogen-bond acceptors (Lipinski definition) is 6. The van der Waals surface area contributed by atoms with E-state index in [9.17, 15) is 14.9 Å². The number of oxazole rings is 1. The third kappa shape index (κ3) is 4.58. The quantitative estimate of drug-likeness (QED) is 0.236. The fourth-order valence-electron chi connectivity index (χ4n) is 3.44. The first-order valence-electron chi connectivity index (χ1n) is 10.1. The number of rotatable bonds is 4. The van der Waals surface area contributed by atoms with Crippen LogP contribution in [0.2, 0.25) is 0 Å². The summed E-state index contributed by atoms with van der Waals surface area (Å²) in [4.78, 5) is 27.8. The highest BCUT2D eigenvalue weighted by atomic mass is 32.1. The lowest BCUT2D eigenvalue weighted by atomic mass is 10.1. The predicted octanol–water partition coefficient (Wildman–Crippen LogP) is 5.46. The monoisotopic (exact) mass is 460 g/mol. The molecule has 0 unspecified atom stereocenters. The van der Waals surface area contributed by atoms with Crippen LogP contribution in [0.4, 0.5) is 11.4 Å². The Morgan fingerprint density at radius 1 is 1.09 bits per heavy atom. The molecular weight excluding hydrogens is 440 g/mol. The predicted molar refractivity (Wildman–Crippen MR) is 130 cm³/mol. The van der Waals surface area contributed by atoms with Crippen LogP contribution in [-0.2, 0) is 0 Å². The molecule has 166 valence electrons. The molecule has 0 radical (unpaired) electrons. The van der Waals surface area contributed by atoms with Gasteiger partial charge >= 0.3 is 0 Å². The minimum Gasteiger partial charge on any atom is -0.436 e. The number of aryl methyl sites for hydroxylation is 2. The van der Waals surface area contributed by atoms with Gasteiger partial charge in [-0.2, -0.15) is 0 Å². The van der Waals surface area contributed by atoms with Crippen molar-refractivity contribution in [1.29, 1.82) is 0 Å². The Kier molecular flexibility index (Phi) is 5.89. The van der Waals surface area contributed by atoms with Crippen LogP contribution in [0.5, 0.6) is 0 Å². The molecule has 8 nitrogen and oxygen atoms in total. The number of carbonyl (C=O) groups is 1. The average Bonchev–Trinajstić information content (AvgIpc) is 3.18. The largest absolute Gasteiger partial charge is 0.436 e. The molecule has 0 aliphatic carbocycles. The number of amides is 1. The molecule has 0 spiro atoms. The SMILES string of the molecule is Cc1ccc2oc(-c3ccc(C)c(NC(=S)NC(=O)c4cccc([N+](=O)[O-])c4C)c3)nc2c1. The molecule has 0 saturated heterocycles. The molecule has 9 heteroatoms. The third-order valence-electron chi connectivity index (χ3n) is 5.25. The van der Waals surface area contributed by atoms with Crippen molar-refractivity contribution in [2.75, 3.05) is 5.32 Å². The average molecular weight is 461 g/mol. The van der Waals surface area contributed by atoms with Crippen LogP contribution in [-0.4, -0.2) is 20.9 Å². The Balaban J connectivity index is 1.54. The fourth-order valence-corrected chi connectivity index (χ4v) is 3.64. The highest BCUT2D eigenvalue weighted by Gasteiger charge is 2.19. The smallest absolute Gasteiger partial charge is 0.273 e. The van der Waals surface area contributed by atoms with Crippen LogP contribution in [0.25, 0.3) is 22.6 Å². The summed E-state index contributed by atoms with van der Waals surface area (Å²) < 4.78 is 5.88. The van der Waals surface area contributed by atoms with Gasteiger partial charge in [-0.05, 0) is 74.4 Å². The number of nitro groups is 1. The van der Waals surface area contributed by atoms with Gasteiger partial charge in [0.05, 0.1) is 4.92 Å². The lowest BCUT2D eigenvalue weighted by molar-refractivity contribution is -0.385. The summed E-state index contributed by atoms with van der Waals surface area (Å²) in [7, 11) is 0. The summed E-state index contributed by atoms with van der Waals surface area (Å²) in [6.45, 7) is 5.42. The van der Waals surface area contributed by atoms with E-state index in [1.54, 1.807) is 0 Å². The Morgan fingerprint density at radius 3 is 2.64 bits per heavy atom. The van der Waals surface area contributed by atoms with Gasteiger partial charge in [-0.3, -0.25) is 20.2 Å². The van der Waals surface area contributed by atoms with Gasteiger partial charge in [0, 0.05) is 28.4 Å². The highest BCUT2D eigenvalue weighted by molar-refractivity contribution is 7.80. The molecular formula is C24H20N4O4S. The van der Waals surface area contributed by atoms with E-state index in [0.717, 1.165) is 22.2 Å². The van der Waals surface area contributed by atoms with Gasteiger partial charge in [-0.15, -0.1) is 0 Å². The number of benzene rings is 3. The molecule has 1 amide bonds. The molecule has 0 atom stereocenters. The number of nitrogens with one attached hydrogen (secondary N) is 2. The molecule has 0 bridgehead atoms. The Bertz CT molecular complexity index is 1430. The second-order valence-electron chi connectivity index (χ2n) is 7.63. The van der Waals surface area contributed by atoms with Crippen LogP contribution in [0.15, 0.2) is 59.0 Å². The van der Waals surface area contributed by atoms with Crippen molar-refractivity contribution < 1.29 is 14.1 Å². The maximum absolute atomic E-state index is 12.7. The molecule has 4 aromatic rings. The molecule has 33 heavy (non-hydrogen) atoms. The van der Waals surface area contributed by atoms with Gasteiger partial charge in [-0.25, -0.2) is 4.98 Å². The summed E-state index contributed by atoms with van der Waals surface area (Å²) in [5.41, 5.74) is 5.21. The van der Waals surface area contributed by atoms with Gasteiger partial charge < -0.3 is 9.73 Å². The zero-order valence-electron chi connectivity index (χ0n) is 18.1. The second kappa shape index (κ2) is 8.79. The van der Waals surface area contributed by atoms with Crippen LogP contribution in [0.3, 0.4) is 0 Å². The highest BCUT2D eigenvalue weighted by Crippen LogP contribution is 2.28.